The average Bonchev–Trinajstić information content (AvgIpc) is 3.71. The Hall–Kier alpha value is -5.81. The molecule has 3 amide bonds. The number of aromatic nitrogens is 1. The van der Waals surface area contributed by atoms with Gasteiger partial charge in [-0.1, -0.05) is 20.8 Å². The number of alkyl halides is 3. The van der Waals surface area contributed by atoms with Gasteiger partial charge in [-0.3, -0.25) is 19.4 Å². The van der Waals surface area contributed by atoms with Crippen LogP contribution in [0.25, 0.3) is 11.3 Å². The molecule has 4 rings (SSSR count). The minimum atomic E-state index is -5.22. The number of rotatable bonds is 16. The molecule has 20 heteroatoms. The van der Waals surface area contributed by atoms with Crippen molar-refractivity contribution < 1.29 is 55.0 Å². The van der Waals surface area contributed by atoms with E-state index in [9.17, 15) is 32.3 Å². The molecule has 2 N–H and O–H groups in total. The molecule has 13 nitrogen and oxygen atoms in total. The van der Waals surface area contributed by atoms with Crippen molar-refractivity contribution in [2.45, 2.75) is 84.1 Å². The van der Waals surface area contributed by atoms with Crippen LogP contribution in [0.1, 0.15) is 71.4 Å². The van der Waals surface area contributed by atoms with Crippen LogP contribution in [0.2, 0.25) is 0 Å². The second kappa shape index (κ2) is 20.6. The van der Waals surface area contributed by atoms with Crippen LogP contribution < -0.4 is 25.2 Å². The highest BCUT2D eigenvalue weighted by Gasteiger charge is 2.42. The lowest BCUT2D eigenvalue weighted by Crippen LogP contribution is -2.58. The predicted octanol–water partition coefficient (Wildman–Crippen LogP) is 6.71. The average molecular weight is 906 g/mol. The van der Waals surface area contributed by atoms with Crippen LogP contribution in [-0.4, -0.2) is 97.1 Å². The Bertz CT molecular complexity index is 2250. The molecule has 1 fully saturated rings. The third kappa shape index (κ3) is 11.8. The van der Waals surface area contributed by atoms with Gasteiger partial charge in [0, 0.05) is 38.9 Å². The van der Waals surface area contributed by atoms with E-state index in [1.54, 1.807) is 0 Å². The monoisotopic (exact) mass is 905 g/mol. The number of halogens is 6. The maximum Gasteiger partial charge on any atom is 0.420 e. The van der Waals surface area contributed by atoms with E-state index >= 15 is 13.2 Å². The van der Waals surface area contributed by atoms with Crippen molar-refractivity contribution in [1.82, 2.24) is 20.5 Å². The second-order valence-electron chi connectivity index (χ2n) is 16.3. The lowest BCUT2D eigenvalue weighted by Gasteiger charge is -2.39. The number of carbonyl (C=O) groups excluding carboxylic acids is 4. The minimum absolute atomic E-state index is 0.0119. The molecule has 1 aliphatic heterocycles. The third-order valence-corrected chi connectivity index (χ3v) is 10.7. The summed E-state index contributed by atoms with van der Waals surface area (Å²) in [6, 6.07) is 6.09. The normalized spacial score (nSPS) is 14.7. The number of anilines is 2. The molecular weight excluding hydrogens is 857 g/mol. The fourth-order valence-electron chi connectivity index (χ4n) is 6.86. The molecule has 63 heavy (non-hydrogen) atoms. The van der Waals surface area contributed by atoms with Crippen molar-refractivity contribution in [2.24, 2.45) is 5.41 Å². The highest BCUT2D eigenvalue weighted by molar-refractivity contribution is 7.80. The first-order valence-corrected chi connectivity index (χ1v) is 20.2. The van der Waals surface area contributed by atoms with Gasteiger partial charge in [0.15, 0.2) is 28.3 Å². The number of aldehydes is 1. The smallest absolute Gasteiger partial charge is 0.420 e. The lowest BCUT2D eigenvalue weighted by atomic mass is 9.85. The molecule has 0 unspecified atom stereocenters. The van der Waals surface area contributed by atoms with E-state index in [0.717, 1.165) is 47.3 Å². The Balaban J connectivity index is 1.35. The van der Waals surface area contributed by atoms with Gasteiger partial charge in [-0.25, -0.2) is 13.2 Å². The zero-order valence-electron chi connectivity index (χ0n) is 35.8. The number of thiocarbonyl (C=S) groups is 1. The molecule has 2 aromatic carbocycles. The Morgan fingerprint density at radius 3 is 2.32 bits per heavy atom. The van der Waals surface area contributed by atoms with E-state index in [0.29, 0.717) is 38.5 Å². The van der Waals surface area contributed by atoms with Gasteiger partial charge in [0.25, 0.3) is 0 Å². The van der Waals surface area contributed by atoms with Crippen LogP contribution in [-0.2, 0) is 30.1 Å². The largest absolute Gasteiger partial charge is 0.491 e. The van der Waals surface area contributed by atoms with E-state index in [1.165, 1.54) is 44.0 Å². The number of likely N-dealkylation sites (tertiary alicyclic amines) is 1. The van der Waals surface area contributed by atoms with Gasteiger partial charge in [0.2, 0.25) is 17.7 Å². The van der Waals surface area contributed by atoms with E-state index in [4.69, 9.17) is 27.0 Å². The van der Waals surface area contributed by atoms with Gasteiger partial charge in [-0.05, 0) is 87.5 Å². The summed E-state index contributed by atoms with van der Waals surface area (Å²) >= 11 is 5.49. The van der Waals surface area contributed by atoms with Crippen molar-refractivity contribution in [2.75, 3.05) is 50.3 Å². The maximum atomic E-state index is 15.7. The van der Waals surface area contributed by atoms with Gasteiger partial charge in [-0.15, -0.1) is 0 Å². The molecule has 0 saturated carbocycles. The van der Waals surface area contributed by atoms with Crippen molar-refractivity contribution >= 4 is 52.7 Å². The van der Waals surface area contributed by atoms with Crippen LogP contribution >= 0.6 is 12.2 Å². The number of amides is 3. The molecule has 1 saturated heterocycles. The molecule has 0 bridgehead atoms. The number of hydrogen-bond donors (Lipinski definition) is 2. The van der Waals surface area contributed by atoms with Gasteiger partial charge in [0.05, 0.1) is 41.4 Å². The number of unbranched alkanes of at least 4 members (excludes halogenated alkanes) is 1. The molecule has 3 aromatic rings. The Kier molecular flexibility index (Phi) is 16.3. The number of ether oxygens (including phenoxy) is 2. The summed E-state index contributed by atoms with van der Waals surface area (Å²) < 4.78 is 98.5. The van der Waals surface area contributed by atoms with Crippen LogP contribution in [0, 0.1) is 34.2 Å². The number of nitrogens with zero attached hydrogens (tertiary/aromatic N) is 5. The molecule has 340 valence electrons. The van der Waals surface area contributed by atoms with Crippen molar-refractivity contribution in [3.8, 4) is 23.1 Å². The van der Waals surface area contributed by atoms with Crippen LogP contribution in [0.3, 0.4) is 0 Å². The van der Waals surface area contributed by atoms with E-state index in [-0.39, 0.29) is 54.3 Å². The van der Waals surface area contributed by atoms with Crippen molar-refractivity contribution in [3.63, 3.8) is 0 Å². The molecule has 2 atom stereocenters. The zero-order chi connectivity index (χ0) is 47.0. The van der Waals surface area contributed by atoms with Crippen molar-refractivity contribution in [3.05, 3.63) is 71.2 Å². The topological polar surface area (TPSA) is 157 Å². The minimum Gasteiger partial charge on any atom is -0.491 e. The fourth-order valence-corrected chi connectivity index (χ4v) is 7.30. The summed E-state index contributed by atoms with van der Waals surface area (Å²) in [5, 5.41) is 14.1. The number of carbonyl (C=O) groups is 4. The lowest BCUT2D eigenvalue weighted by molar-refractivity contribution is -0.144. The molecule has 2 heterocycles. The molecule has 1 aromatic heterocycles. The summed E-state index contributed by atoms with van der Waals surface area (Å²) in [4.78, 5) is 58.2. The molecule has 1 aliphatic rings. The van der Waals surface area contributed by atoms with E-state index in [1.807, 2.05) is 20.8 Å². The van der Waals surface area contributed by atoms with E-state index < -0.39 is 74.5 Å². The second-order valence-corrected chi connectivity index (χ2v) is 16.7. The SMILES string of the molecule is CNC(=O)[C@@H]1CCCN1C(=O)[C@@H](NC(=O)COCCCCOc1ccc(-c2ncc(N(C(=S)N(C)c3ccc(C#N)c(C(F)(F)F)c3F)C(C)(C)C=O)cc2F)cc1F)C(C)(C)C. The molecular formula is C43H49F6N7O6S. The van der Waals surface area contributed by atoms with Crippen LogP contribution in [0.15, 0.2) is 42.6 Å². The van der Waals surface area contributed by atoms with Gasteiger partial charge < -0.3 is 39.6 Å². The number of pyridine rings is 1. The zero-order valence-corrected chi connectivity index (χ0v) is 36.6. The summed E-state index contributed by atoms with van der Waals surface area (Å²) in [6.45, 7) is 8.50. The van der Waals surface area contributed by atoms with Crippen molar-refractivity contribution in [1.29, 1.82) is 5.26 Å². The van der Waals surface area contributed by atoms with Crippen LogP contribution in [0.4, 0.5) is 37.7 Å². The first kappa shape index (κ1) is 49.8. The van der Waals surface area contributed by atoms with Gasteiger partial charge in [0.1, 0.15) is 36.2 Å². The number of likely N-dealkylation sites (N-methyl/N-ethyl adjacent to an activating group) is 1. The fraction of sp³-hybridized carbons (Fsp3) is 0.465. The Morgan fingerprint density at radius 2 is 1.73 bits per heavy atom. The molecule has 0 aliphatic carbocycles. The Morgan fingerprint density at radius 1 is 1.05 bits per heavy atom. The first-order chi connectivity index (χ1) is 29.5. The third-order valence-electron chi connectivity index (χ3n) is 10.2. The quantitative estimate of drug-likeness (QED) is 0.0682. The predicted molar refractivity (Wildman–Crippen MR) is 225 cm³/mol. The standard InChI is InChI=1S/C43H49F6N7O6S/c1-41(2,3)37(39(60)55-16-10-11-31(55)38(59)51-6)53-33(58)23-61-17-8-9-18-62-32-15-13-25(19-28(32)44)36-29(45)20-27(22-52-36)56(42(4,5)24-57)40(63)54(7)30-14-12-26(21-50)34(35(30)46)43(47,48)49/h12-15,19-20,22,24,31,37H,8-11,16-18,23H2,1-7H3,(H,51,59)(H,53,58)/t31-,37+/m0/s1. The molecule has 0 radical (unpaired) electrons. The number of hydrogen-bond acceptors (Lipinski definition) is 9. The van der Waals surface area contributed by atoms with Gasteiger partial charge >= 0.3 is 6.18 Å². The summed E-state index contributed by atoms with van der Waals surface area (Å²) in [7, 11) is 2.64. The summed E-state index contributed by atoms with van der Waals surface area (Å²) in [5.41, 5.74) is -6.08. The number of nitrogens with one attached hydrogen (secondary N) is 2. The highest BCUT2D eigenvalue weighted by atomic mass is 32.1. The summed E-state index contributed by atoms with van der Waals surface area (Å²) in [5.74, 6) is -4.85. The Labute approximate surface area is 366 Å². The first-order valence-electron chi connectivity index (χ1n) is 19.8. The van der Waals surface area contributed by atoms with Gasteiger partial charge in [-0.2, -0.15) is 18.4 Å². The number of nitriles is 1. The van der Waals surface area contributed by atoms with E-state index in [2.05, 4.69) is 15.6 Å². The summed E-state index contributed by atoms with van der Waals surface area (Å²) in [6.07, 6.45) is -1.63. The van der Waals surface area contributed by atoms with Crippen LogP contribution in [0.5, 0.6) is 5.75 Å². The number of benzene rings is 2. The maximum absolute atomic E-state index is 15.7. The molecule has 0 spiro atoms. The highest BCUT2D eigenvalue weighted by Crippen LogP contribution is 2.39.